The SMILES string of the molecule is CSc1ccc(/C=C(/C#N)C(=O)c2sccc2C)cc1. The zero-order valence-electron chi connectivity index (χ0n) is 11.2. The third-order valence-corrected chi connectivity index (χ3v) is 4.62. The molecule has 2 aromatic rings. The topological polar surface area (TPSA) is 40.9 Å². The number of thioether (sulfide) groups is 1. The Labute approximate surface area is 126 Å². The second kappa shape index (κ2) is 6.56. The Bertz CT molecular complexity index is 690. The second-order valence-corrected chi connectivity index (χ2v) is 6.00. The molecule has 2 rings (SSSR count). The number of rotatable bonds is 4. The summed E-state index contributed by atoms with van der Waals surface area (Å²) in [5.41, 5.74) is 1.95. The van der Waals surface area contributed by atoms with Crippen LogP contribution in [0.1, 0.15) is 20.8 Å². The van der Waals surface area contributed by atoms with E-state index in [1.807, 2.05) is 55.0 Å². The van der Waals surface area contributed by atoms with E-state index in [4.69, 9.17) is 0 Å². The normalized spacial score (nSPS) is 11.2. The third-order valence-electron chi connectivity index (χ3n) is 2.86. The van der Waals surface area contributed by atoms with Crippen LogP contribution in [0.3, 0.4) is 0 Å². The number of thiophene rings is 1. The lowest BCUT2D eigenvalue weighted by molar-refractivity contribution is 0.104. The van der Waals surface area contributed by atoms with Crippen LogP contribution in [0.15, 0.2) is 46.2 Å². The molecule has 1 aromatic heterocycles. The minimum Gasteiger partial charge on any atom is -0.287 e. The maximum Gasteiger partial charge on any atom is 0.213 e. The minimum atomic E-state index is -0.200. The van der Waals surface area contributed by atoms with E-state index in [0.29, 0.717) is 4.88 Å². The van der Waals surface area contributed by atoms with E-state index in [0.717, 1.165) is 16.0 Å². The van der Waals surface area contributed by atoms with Gasteiger partial charge in [-0.3, -0.25) is 4.79 Å². The Morgan fingerprint density at radius 3 is 2.50 bits per heavy atom. The highest BCUT2D eigenvalue weighted by atomic mass is 32.2. The number of carbonyl (C=O) groups is 1. The van der Waals surface area contributed by atoms with Crippen molar-refractivity contribution in [3.05, 3.63) is 57.3 Å². The Morgan fingerprint density at radius 1 is 1.30 bits per heavy atom. The number of carbonyl (C=O) groups excluding carboxylic acids is 1. The lowest BCUT2D eigenvalue weighted by atomic mass is 10.1. The molecule has 1 aromatic carbocycles. The van der Waals surface area contributed by atoms with Crippen LogP contribution in [-0.2, 0) is 0 Å². The predicted octanol–water partition coefficient (Wildman–Crippen LogP) is 4.57. The van der Waals surface area contributed by atoms with Crippen molar-refractivity contribution in [1.82, 2.24) is 0 Å². The molecule has 100 valence electrons. The third kappa shape index (κ3) is 3.19. The highest BCUT2D eigenvalue weighted by molar-refractivity contribution is 7.98. The highest BCUT2D eigenvalue weighted by Gasteiger charge is 2.15. The van der Waals surface area contributed by atoms with E-state index >= 15 is 0 Å². The van der Waals surface area contributed by atoms with Crippen molar-refractivity contribution in [3.8, 4) is 6.07 Å². The summed E-state index contributed by atoms with van der Waals surface area (Å²) in [5.74, 6) is -0.200. The van der Waals surface area contributed by atoms with E-state index < -0.39 is 0 Å². The summed E-state index contributed by atoms with van der Waals surface area (Å²) in [7, 11) is 0. The van der Waals surface area contributed by atoms with Crippen LogP contribution in [0.25, 0.3) is 6.08 Å². The molecule has 0 radical (unpaired) electrons. The van der Waals surface area contributed by atoms with Gasteiger partial charge in [-0.1, -0.05) is 12.1 Å². The Hall–Kier alpha value is -1.83. The molecule has 0 spiro atoms. The van der Waals surface area contributed by atoms with Gasteiger partial charge in [-0.15, -0.1) is 23.1 Å². The fourth-order valence-corrected chi connectivity index (χ4v) is 3.03. The van der Waals surface area contributed by atoms with Crippen molar-refractivity contribution in [1.29, 1.82) is 5.26 Å². The van der Waals surface area contributed by atoms with Gasteiger partial charge in [0.05, 0.1) is 4.88 Å². The molecule has 0 saturated carbocycles. The van der Waals surface area contributed by atoms with Crippen LogP contribution in [0.2, 0.25) is 0 Å². The standard InChI is InChI=1S/C16H13NOS2/c1-11-7-8-20-16(11)15(18)13(10-17)9-12-3-5-14(19-2)6-4-12/h3-9H,1-2H3/b13-9-. The van der Waals surface area contributed by atoms with Gasteiger partial charge in [0.25, 0.3) is 0 Å². The van der Waals surface area contributed by atoms with Gasteiger partial charge < -0.3 is 0 Å². The Balaban J connectivity index is 2.32. The largest absolute Gasteiger partial charge is 0.287 e. The fraction of sp³-hybridized carbons (Fsp3) is 0.125. The molecule has 0 amide bonds. The molecule has 0 bridgehead atoms. The Morgan fingerprint density at radius 2 is 2.00 bits per heavy atom. The number of nitriles is 1. The molecule has 0 fully saturated rings. The zero-order valence-corrected chi connectivity index (χ0v) is 12.8. The molecule has 0 atom stereocenters. The van der Waals surface area contributed by atoms with Crippen LogP contribution in [0.4, 0.5) is 0 Å². The molecule has 0 aliphatic carbocycles. The molecule has 0 aliphatic heterocycles. The molecule has 0 saturated heterocycles. The van der Waals surface area contributed by atoms with Crippen molar-refractivity contribution in [3.63, 3.8) is 0 Å². The molecule has 0 aliphatic rings. The van der Waals surface area contributed by atoms with E-state index in [2.05, 4.69) is 0 Å². The average Bonchev–Trinajstić information content (AvgIpc) is 2.91. The van der Waals surface area contributed by atoms with Crippen LogP contribution >= 0.6 is 23.1 Å². The first-order chi connectivity index (χ1) is 9.65. The molecular weight excluding hydrogens is 286 g/mol. The Kier molecular flexibility index (Phi) is 4.78. The van der Waals surface area contributed by atoms with Gasteiger partial charge in [-0.25, -0.2) is 0 Å². The number of allylic oxidation sites excluding steroid dienone is 1. The fourth-order valence-electron chi connectivity index (χ4n) is 1.74. The highest BCUT2D eigenvalue weighted by Crippen LogP contribution is 2.21. The first-order valence-corrected chi connectivity index (χ1v) is 8.11. The van der Waals surface area contributed by atoms with Crippen LogP contribution in [0, 0.1) is 18.3 Å². The van der Waals surface area contributed by atoms with Crippen molar-refractivity contribution in [2.45, 2.75) is 11.8 Å². The van der Waals surface area contributed by atoms with E-state index in [-0.39, 0.29) is 11.4 Å². The molecule has 20 heavy (non-hydrogen) atoms. The minimum absolute atomic E-state index is 0.174. The van der Waals surface area contributed by atoms with Crippen LogP contribution < -0.4 is 0 Å². The second-order valence-electron chi connectivity index (χ2n) is 4.20. The smallest absolute Gasteiger partial charge is 0.213 e. The summed E-state index contributed by atoms with van der Waals surface area (Å²) in [5, 5.41) is 11.1. The number of nitrogens with zero attached hydrogens (tertiary/aromatic N) is 1. The monoisotopic (exact) mass is 299 g/mol. The summed E-state index contributed by atoms with van der Waals surface area (Å²) in [6.45, 7) is 1.88. The number of aryl methyl sites for hydroxylation is 1. The van der Waals surface area contributed by atoms with Gasteiger partial charge in [0.1, 0.15) is 11.6 Å². The maximum atomic E-state index is 12.3. The van der Waals surface area contributed by atoms with Gasteiger partial charge in [-0.2, -0.15) is 5.26 Å². The van der Waals surface area contributed by atoms with Crippen molar-refractivity contribution >= 4 is 35.0 Å². The summed E-state index contributed by atoms with van der Waals surface area (Å²) < 4.78 is 0. The molecule has 0 unspecified atom stereocenters. The van der Waals surface area contributed by atoms with Crippen molar-refractivity contribution in [2.24, 2.45) is 0 Å². The molecule has 2 nitrogen and oxygen atoms in total. The average molecular weight is 299 g/mol. The quantitative estimate of drug-likeness (QED) is 0.359. The van der Waals surface area contributed by atoms with Gasteiger partial charge >= 0.3 is 0 Å². The van der Waals surface area contributed by atoms with E-state index in [1.54, 1.807) is 17.8 Å². The van der Waals surface area contributed by atoms with Crippen LogP contribution in [0.5, 0.6) is 0 Å². The summed E-state index contributed by atoms with van der Waals surface area (Å²) in [6, 6.07) is 11.7. The van der Waals surface area contributed by atoms with E-state index in [1.165, 1.54) is 11.3 Å². The van der Waals surface area contributed by atoms with E-state index in [9.17, 15) is 10.1 Å². The number of Topliss-reactive ketones (excluding diaryl/α,β-unsaturated/α-hetero) is 1. The number of hydrogen-bond donors (Lipinski definition) is 0. The summed E-state index contributed by atoms with van der Waals surface area (Å²) in [4.78, 5) is 14.1. The first-order valence-electron chi connectivity index (χ1n) is 6.00. The molecule has 4 heteroatoms. The summed E-state index contributed by atoms with van der Waals surface area (Å²) in [6.07, 6.45) is 3.65. The maximum absolute atomic E-state index is 12.3. The first kappa shape index (κ1) is 14.6. The lowest BCUT2D eigenvalue weighted by Gasteiger charge is -2.00. The van der Waals surface area contributed by atoms with Crippen molar-refractivity contribution < 1.29 is 4.79 Å². The van der Waals surface area contributed by atoms with Crippen molar-refractivity contribution in [2.75, 3.05) is 6.26 Å². The van der Waals surface area contributed by atoms with Crippen LogP contribution in [-0.4, -0.2) is 12.0 Å². The van der Waals surface area contributed by atoms with Gasteiger partial charge in [0.2, 0.25) is 5.78 Å². The van der Waals surface area contributed by atoms with Gasteiger partial charge in [0.15, 0.2) is 0 Å². The molecule has 1 heterocycles. The van der Waals surface area contributed by atoms with Gasteiger partial charge in [0, 0.05) is 4.90 Å². The lowest BCUT2D eigenvalue weighted by Crippen LogP contribution is -2.00. The predicted molar refractivity (Wildman–Crippen MR) is 85.2 cm³/mol. The molecular formula is C16H13NOS2. The number of benzene rings is 1. The number of ketones is 1. The zero-order chi connectivity index (χ0) is 14.5. The summed E-state index contributed by atoms with van der Waals surface area (Å²) >= 11 is 3.03. The molecule has 0 N–H and O–H groups in total. The van der Waals surface area contributed by atoms with Gasteiger partial charge in [-0.05, 0) is 54.0 Å². The number of hydrogen-bond acceptors (Lipinski definition) is 4.